The Morgan fingerprint density at radius 1 is 1.50 bits per heavy atom. The van der Waals surface area contributed by atoms with Crippen LogP contribution in [0.25, 0.3) is 0 Å². The average molecular weight is 345 g/mol. The molecule has 7 heteroatoms. The number of benzene rings is 1. The maximum absolute atomic E-state index is 11.3. The molecule has 0 saturated heterocycles. The van der Waals surface area contributed by atoms with Crippen molar-refractivity contribution >= 4 is 27.6 Å². The molecule has 1 aromatic rings. The third-order valence-corrected chi connectivity index (χ3v) is 3.43. The van der Waals surface area contributed by atoms with Crippen LogP contribution in [0, 0.1) is 10.1 Å². The Morgan fingerprint density at radius 2 is 2.20 bits per heavy atom. The van der Waals surface area contributed by atoms with Crippen LogP contribution in [0.2, 0.25) is 0 Å². The number of carbonyl (C=O) groups is 1. The highest BCUT2D eigenvalue weighted by molar-refractivity contribution is 9.10. The van der Waals surface area contributed by atoms with Gasteiger partial charge in [0.1, 0.15) is 0 Å². The average Bonchev–Trinajstić information content (AvgIpc) is 2.39. The van der Waals surface area contributed by atoms with Gasteiger partial charge in [-0.1, -0.05) is 15.9 Å². The van der Waals surface area contributed by atoms with E-state index in [9.17, 15) is 14.9 Å². The van der Waals surface area contributed by atoms with E-state index in [1.54, 1.807) is 13.0 Å². The molecule has 0 spiro atoms. The predicted octanol–water partition coefficient (Wildman–Crippen LogP) is 2.74. The first-order valence-corrected chi connectivity index (χ1v) is 7.00. The van der Waals surface area contributed by atoms with Crippen LogP contribution in [-0.2, 0) is 16.1 Å². The van der Waals surface area contributed by atoms with Crippen LogP contribution in [0.15, 0.2) is 22.7 Å². The lowest BCUT2D eigenvalue weighted by Gasteiger charge is -2.16. The van der Waals surface area contributed by atoms with Gasteiger partial charge in [-0.2, -0.15) is 0 Å². The molecular weight excluding hydrogens is 328 g/mol. The first kappa shape index (κ1) is 16.6. The summed E-state index contributed by atoms with van der Waals surface area (Å²) in [5.74, 6) is -0.220. The molecule has 20 heavy (non-hydrogen) atoms. The molecule has 0 aliphatic rings. The quantitative estimate of drug-likeness (QED) is 0.432. The lowest BCUT2D eigenvalue weighted by molar-refractivity contribution is -0.384. The van der Waals surface area contributed by atoms with E-state index < -0.39 is 4.92 Å². The van der Waals surface area contributed by atoms with Gasteiger partial charge < -0.3 is 9.64 Å². The van der Waals surface area contributed by atoms with Gasteiger partial charge in [0.2, 0.25) is 0 Å². The first-order chi connectivity index (χ1) is 9.43. The summed E-state index contributed by atoms with van der Waals surface area (Å²) in [7, 11) is 1.88. The molecule has 0 aliphatic carbocycles. The zero-order valence-corrected chi connectivity index (χ0v) is 13.1. The summed E-state index contributed by atoms with van der Waals surface area (Å²) in [5, 5.41) is 10.6. The smallest absolute Gasteiger partial charge is 0.307 e. The van der Waals surface area contributed by atoms with Crippen molar-refractivity contribution in [1.29, 1.82) is 0 Å². The number of halogens is 1. The molecule has 0 amide bonds. The van der Waals surface area contributed by atoms with Gasteiger partial charge in [-0.05, 0) is 25.6 Å². The predicted molar refractivity (Wildman–Crippen MR) is 78.4 cm³/mol. The minimum atomic E-state index is -0.432. The van der Waals surface area contributed by atoms with Crippen molar-refractivity contribution in [1.82, 2.24) is 4.90 Å². The third-order valence-electron chi connectivity index (χ3n) is 2.69. The maximum Gasteiger partial charge on any atom is 0.307 e. The lowest BCUT2D eigenvalue weighted by Crippen LogP contribution is -2.22. The van der Waals surface area contributed by atoms with E-state index in [4.69, 9.17) is 4.74 Å². The normalized spacial score (nSPS) is 10.6. The highest BCUT2D eigenvalue weighted by Gasteiger charge is 2.11. The SMILES string of the molecule is CCOC(=O)CCN(C)Cc1ccc([N+](=O)[O-])cc1Br. The molecule has 110 valence electrons. The number of nitro benzene ring substituents is 1. The van der Waals surface area contributed by atoms with E-state index in [0.29, 0.717) is 30.6 Å². The minimum absolute atomic E-state index is 0.0507. The number of carbonyl (C=O) groups excluding carboxylic acids is 1. The number of nitro groups is 1. The Kier molecular flexibility index (Phi) is 6.60. The van der Waals surface area contributed by atoms with Crippen molar-refractivity contribution in [2.24, 2.45) is 0 Å². The van der Waals surface area contributed by atoms with E-state index >= 15 is 0 Å². The first-order valence-electron chi connectivity index (χ1n) is 6.21. The van der Waals surface area contributed by atoms with E-state index in [1.165, 1.54) is 12.1 Å². The zero-order chi connectivity index (χ0) is 15.1. The molecule has 0 fully saturated rings. The Labute approximate surface area is 126 Å². The van der Waals surface area contributed by atoms with Crippen LogP contribution in [-0.4, -0.2) is 36.0 Å². The fourth-order valence-electron chi connectivity index (χ4n) is 1.66. The molecule has 0 N–H and O–H groups in total. The van der Waals surface area contributed by atoms with Crippen molar-refractivity contribution in [3.05, 3.63) is 38.3 Å². The summed E-state index contributed by atoms with van der Waals surface area (Å²) in [5.41, 5.74) is 0.983. The summed E-state index contributed by atoms with van der Waals surface area (Å²) < 4.78 is 5.55. The Balaban J connectivity index is 2.55. The number of hydrogen-bond donors (Lipinski definition) is 0. The number of ether oxygens (including phenoxy) is 1. The van der Waals surface area contributed by atoms with E-state index in [0.717, 1.165) is 5.56 Å². The maximum atomic E-state index is 11.3. The van der Waals surface area contributed by atoms with Crippen LogP contribution in [0.5, 0.6) is 0 Å². The summed E-state index contributed by atoms with van der Waals surface area (Å²) in [4.78, 5) is 23.4. The van der Waals surface area contributed by atoms with E-state index in [-0.39, 0.29) is 11.7 Å². The van der Waals surface area contributed by atoms with Crippen LogP contribution < -0.4 is 0 Å². The second-order valence-electron chi connectivity index (χ2n) is 4.33. The molecule has 1 rings (SSSR count). The molecule has 0 aromatic heterocycles. The number of rotatable bonds is 7. The van der Waals surface area contributed by atoms with Gasteiger partial charge in [-0.25, -0.2) is 0 Å². The molecule has 6 nitrogen and oxygen atoms in total. The Hall–Kier alpha value is -1.47. The molecule has 0 radical (unpaired) electrons. The number of non-ortho nitro benzene ring substituents is 1. The summed E-state index contributed by atoms with van der Waals surface area (Å²) >= 11 is 3.33. The highest BCUT2D eigenvalue weighted by atomic mass is 79.9. The summed E-state index contributed by atoms with van der Waals surface area (Å²) in [6.07, 6.45) is 0.328. The zero-order valence-electron chi connectivity index (χ0n) is 11.5. The van der Waals surface area contributed by atoms with Gasteiger partial charge in [0.25, 0.3) is 5.69 Å². The second-order valence-corrected chi connectivity index (χ2v) is 5.18. The molecule has 0 aliphatic heterocycles. The largest absolute Gasteiger partial charge is 0.466 e. The number of esters is 1. The van der Waals surface area contributed by atoms with E-state index in [2.05, 4.69) is 15.9 Å². The fraction of sp³-hybridized carbons (Fsp3) is 0.462. The minimum Gasteiger partial charge on any atom is -0.466 e. The van der Waals surface area contributed by atoms with Crippen molar-refractivity contribution in [3.8, 4) is 0 Å². The van der Waals surface area contributed by atoms with Gasteiger partial charge in [-0.15, -0.1) is 0 Å². The molecular formula is C13H17BrN2O4. The van der Waals surface area contributed by atoms with Gasteiger partial charge in [0, 0.05) is 29.7 Å². The molecule has 0 bridgehead atoms. The number of nitrogens with zero attached hydrogens (tertiary/aromatic N) is 2. The topological polar surface area (TPSA) is 72.7 Å². The van der Waals surface area contributed by atoms with Crippen LogP contribution in [0.4, 0.5) is 5.69 Å². The Bertz CT molecular complexity index is 493. The van der Waals surface area contributed by atoms with Crippen molar-refractivity contribution < 1.29 is 14.5 Å². The molecule has 0 heterocycles. The van der Waals surface area contributed by atoms with Gasteiger partial charge in [0.15, 0.2) is 0 Å². The molecule has 0 unspecified atom stereocenters. The van der Waals surface area contributed by atoms with Crippen LogP contribution >= 0.6 is 15.9 Å². The van der Waals surface area contributed by atoms with E-state index in [1.807, 2.05) is 11.9 Å². The summed E-state index contributed by atoms with van der Waals surface area (Å²) in [6, 6.07) is 4.66. The van der Waals surface area contributed by atoms with Gasteiger partial charge >= 0.3 is 5.97 Å². The Morgan fingerprint density at radius 3 is 2.75 bits per heavy atom. The van der Waals surface area contributed by atoms with Crippen LogP contribution in [0.1, 0.15) is 18.9 Å². The highest BCUT2D eigenvalue weighted by Crippen LogP contribution is 2.23. The standard InChI is InChI=1S/C13H17BrN2O4/c1-3-20-13(17)6-7-15(2)9-10-4-5-11(16(18)19)8-12(10)14/h4-5,8H,3,6-7,9H2,1-2H3. The van der Waals surface area contributed by atoms with Gasteiger partial charge in [-0.3, -0.25) is 14.9 Å². The third kappa shape index (κ3) is 5.26. The summed E-state index contributed by atoms with van der Waals surface area (Å²) in [6.45, 7) is 3.33. The second kappa shape index (κ2) is 7.96. The fourth-order valence-corrected chi connectivity index (χ4v) is 2.16. The van der Waals surface area contributed by atoms with Crippen molar-refractivity contribution in [2.45, 2.75) is 19.9 Å². The van der Waals surface area contributed by atoms with Crippen molar-refractivity contribution in [3.63, 3.8) is 0 Å². The monoisotopic (exact) mass is 344 g/mol. The van der Waals surface area contributed by atoms with Crippen molar-refractivity contribution in [2.75, 3.05) is 20.2 Å². The molecule has 0 saturated carbocycles. The van der Waals surface area contributed by atoms with Gasteiger partial charge in [0.05, 0.1) is 18.0 Å². The van der Waals surface area contributed by atoms with Crippen LogP contribution in [0.3, 0.4) is 0 Å². The molecule has 1 aromatic carbocycles. The lowest BCUT2D eigenvalue weighted by atomic mass is 10.2. The molecule has 0 atom stereocenters. The number of hydrogen-bond acceptors (Lipinski definition) is 5.